The summed E-state index contributed by atoms with van der Waals surface area (Å²) in [6, 6.07) is 15.0. The summed E-state index contributed by atoms with van der Waals surface area (Å²) < 4.78 is 10.8. The number of nitrogens with one attached hydrogen (secondary N) is 1. The highest BCUT2D eigenvalue weighted by molar-refractivity contribution is 6.21. The lowest BCUT2D eigenvalue weighted by Crippen LogP contribution is -3.19. The van der Waals surface area contributed by atoms with Crippen LogP contribution in [-0.2, 0) is 9.59 Å². The molecule has 0 aromatic heterocycles. The Balaban J connectivity index is 1.37. The molecular formula is C24H30N3O4+. The van der Waals surface area contributed by atoms with Crippen molar-refractivity contribution >= 4 is 23.2 Å². The first kappa shape index (κ1) is 21.2. The minimum absolute atomic E-state index is 0.0971. The normalized spacial score (nSPS) is 19.7. The molecule has 7 heteroatoms. The number of benzene rings is 2. The molecule has 2 amide bonds. The van der Waals surface area contributed by atoms with Crippen LogP contribution in [0.1, 0.15) is 19.8 Å². The van der Waals surface area contributed by atoms with E-state index in [4.69, 9.17) is 9.47 Å². The maximum atomic E-state index is 13.1. The number of hydrogen-bond acceptors (Lipinski definition) is 5. The van der Waals surface area contributed by atoms with Crippen molar-refractivity contribution in [3.8, 4) is 11.5 Å². The van der Waals surface area contributed by atoms with E-state index in [0.717, 1.165) is 49.8 Å². The second kappa shape index (κ2) is 9.39. The van der Waals surface area contributed by atoms with Gasteiger partial charge in [0.1, 0.15) is 11.5 Å². The maximum Gasteiger partial charge on any atom is 0.292 e. The van der Waals surface area contributed by atoms with Crippen LogP contribution in [0.5, 0.6) is 11.5 Å². The minimum Gasteiger partial charge on any atom is -0.497 e. The van der Waals surface area contributed by atoms with Gasteiger partial charge in [-0.25, -0.2) is 4.90 Å². The van der Waals surface area contributed by atoms with Gasteiger partial charge in [0.25, 0.3) is 5.91 Å². The molecule has 2 aliphatic heterocycles. The fourth-order valence-corrected chi connectivity index (χ4v) is 4.33. The first-order valence-electron chi connectivity index (χ1n) is 10.9. The third kappa shape index (κ3) is 4.51. The average Bonchev–Trinajstić information content (AvgIpc) is 3.12. The maximum absolute atomic E-state index is 13.1. The zero-order valence-corrected chi connectivity index (χ0v) is 18.2. The average molecular weight is 425 g/mol. The summed E-state index contributed by atoms with van der Waals surface area (Å²) in [7, 11) is 1.66. The van der Waals surface area contributed by atoms with Crippen molar-refractivity contribution in [2.45, 2.75) is 25.8 Å². The van der Waals surface area contributed by atoms with E-state index < -0.39 is 0 Å². The van der Waals surface area contributed by atoms with Gasteiger partial charge in [-0.15, -0.1) is 0 Å². The second-order valence-corrected chi connectivity index (χ2v) is 8.01. The van der Waals surface area contributed by atoms with Gasteiger partial charge in [0.05, 0.1) is 52.0 Å². The number of methoxy groups -OCH3 is 1. The van der Waals surface area contributed by atoms with Crippen LogP contribution in [0.3, 0.4) is 0 Å². The summed E-state index contributed by atoms with van der Waals surface area (Å²) >= 11 is 0. The van der Waals surface area contributed by atoms with Crippen molar-refractivity contribution in [3.05, 3.63) is 48.5 Å². The molecule has 0 unspecified atom stereocenters. The number of piperazine rings is 1. The van der Waals surface area contributed by atoms with Crippen LogP contribution in [0, 0.1) is 0 Å². The van der Waals surface area contributed by atoms with Crippen molar-refractivity contribution in [2.24, 2.45) is 0 Å². The van der Waals surface area contributed by atoms with Crippen LogP contribution in [0.15, 0.2) is 48.5 Å². The molecule has 2 heterocycles. The first-order valence-corrected chi connectivity index (χ1v) is 10.9. The molecule has 2 aromatic rings. The molecule has 0 bridgehead atoms. The van der Waals surface area contributed by atoms with Crippen LogP contribution >= 0.6 is 0 Å². The predicted octanol–water partition coefficient (Wildman–Crippen LogP) is 1.52. The molecule has 2 saturated heterocycles. The van der Waals surface area contributed by atoms with Crippen LogP contribution in [0.4, 0.5) is 11.4 Å². The van der Waals surface area contributed by atoms with Gasteiger partial charge in [-0.3, -0.25) is 9.59 Å². The van der Waals surface area contributed by atoms with Crippen molar-refractivity contribution in [2.75, 3.05) is 49.7 Å². The third-order valence-corrected chi connectivity index (χ3v) is 6.05. The molecule has 0 aliphatic carbocycles. The van der Waals surface area contributed by atoms with Crippen LogP contribution in [0.25, 0.3) is 0 Å². The van der Waals surface area contributed by atoms with E-state index in [1.807, 2.05) is 24.3 Å². The standard InChI is InChI=1S/C24H29N3O4/c1-3-16-31-21-10-6-19(7-11-21)27-23(28)17-22(24(27)29)26-14-12-25(13-15-26)18-4-8-20(30-2)9-5-18/h4-11,22H,3,12-17H2,1-2H3/p+1/t22-/m0/s1. The number of hydrogen-bond donors (Lipinski definition) is 1. The SMILES string of the molecule is CCCOc1ccc(N2C(=O)C[C@H]([NH+]3CCN(c4ccc(OC)cc4)CC3)C2=O)cc1. The molecule has 0 radical (unpaired) electrons. The van der Waals surface area contributed by atoms with Gasteiger partial charge < -0.3 is 19.3 Å². The monoisotopic (exact) mass is 424 g/mol. The molecule has 2 aliphatic rings. The van der Waals surface area contributed by atoms with E-state index in [2.05, 4.69) is 24.0 Å². The third-order valence-electron chi connectivity index (χ3n) is 6.05. The topological polar surface area (TPSA) is 63.5 Å². The lowest BCUT2D eigenvalue weighted by molar-refractivity contribution is -0.915. The number of carbonyl (C=O) groups excluding carboxylic acids is 2. The Morgan fingerprint density at radius 1 is 0.935 bits per heavy atom. The van der Waals surface area contributed by atoms with Gasteiger partial charge in [-0.2, -0.15) is 0 Å². The predicted molar refractivity (Wildman–Crippen MR) is 119 cm³/mol. The largest absolute Gasteiger partial charge is 0.497 e. The Hall–Kier alpha value is -3.06. The number of rotatable bonds is 7. The zero-order chi connectivity index (χ0) is 21.8. The molecule has 7 nitrogen and oxygen atoms in total. The number of imide groups is 1. The molecule has 164 valence electrons. The van der Waals surface area contributed by atoms with E-state index in [1.165, 1.54) is 9.80 Å². The lowest BCUT2D eigenvalue weighted by atomic mass is 10.1. The van der Waals surface area contributed by atoms with E-state index in [1.54, 1.807) is 19.2 Å². The van der Waals surface area contributed by atoms with Gasteiger partial charge >= 0.3 is 0 Å². The quantitative estimate of drug-likeness (QED) is 0.683. The number of anilines is 2. The molecule has 1 atom stereocenters. The molecule has 2 fully saturated rings. The van der Waals surface area contributed by atoms with Crippen LogP contribution in [0.2, 0.25) is 0 Å². The zero-order valence-electron chi connectivity index (χ0n) is 18.2. The van der Waals surface area contributed by atoms with Gasteiger partial charge in [0.2, 0.25) is 5.91 Å². The van der Waals surface area contributed by atoms with E-state index in [-0.39, 0.29) is 24.3 Å². The van der Waals surface area contributed by atoms with Crippen LogP contribution in [-0.4, -0.2) is 57.8 Å². The van der Waals surface area contributed by atoms with Crippen molar-refractivity contribution in [3.63, 3.8) is 0 Å². The van der Waals surface area contributed by atoms with Gasteiger partial charge in [0.15, 0.2) is 6.04 Å². The molecule has 31 heavy (non-hydrogen) atoms. The van der Waals surface area contributed by atoms with E-state index in [9.17, 15) is 9.59 Å². The van der Waals surface area contributed by atoms with Crippen molar-refractivity contribution < 1.29 is 24.0 Å². The summed E-state index contributed by atoms with van der Waals surface area (Å²) in [5, 5.41) is 0. The van der Waals surface area contributed by atoms with Gasteiger partial charge in [-0.1, -0.05) is 6.92 Å². The number of carbonyl (C=O) groups is 2. The van der Waals surface area contributed by atoms with Crippen molar-refractivity contribution in [1.29, 1.82) is 0 Å². The van der Waals surface area contributed by atoms with E-state index >= 15 is 0 Å². The first-order chi connectivity index (χ1) is 15.1. The lowest BCUT2D eigenvalue weighted by Gasteiger charge is -2.35. The minimum atomic E-state index is -0.304. The fourth-order valence-electron chi connectivity index (χ4n) is 4.33. The number of amides is 2. The molecule has 4 rings (SSSR count). The Morgan fingerprint density at radius 2 is 1.55 bits per heavy atom. The Labute approximate surface area is 183 Å². The highest BCUT2D eigenvalue weighted by Crippen LogP contribution is 2.25. The summed E-state index contributed by atoms with van der Waals surface area (Å²) in [6.45, 7) is 6.05. The Bertz CT molecular complexity index is 905. The van der Waals surface area contributed by atoms with Crippen LogP contribution < -0.4 is 24.2 Å². The number of quaternary nitrogens is 1. The summed E-state index contributed by atoms with van der Waals surface area (Å²) in [5.41, 5.74) is 1.78. The van der Waals surface area contributed by atoms with E-state index in [0.29, 0.717) is 12.3 Å². The fraction of sp³-hybridized carbons (Fsp3) is 0.417. The smallest absolute Gasteiger partial charge is 0.292 e. The molecule has 1 N–H and O–H groups in total. The summed E-state index contributed by atoms with van der Waals surface area (Å²) in [4.78, 5) is 30.6. The van der Waals surface area contributed by atoms with Gasteiger partial charge in [-0.05, 0) is 55.0 Å². The second-order valence-electron chi connectivity index (χ2n) is 8.01. The molecular weight excluding hydrogens is 394 g/mol. The highest BCUT2D eigenvalue weighted by atomic mass is 16.5. The number of ether oxygens (including phenoxy) is 2. The molecule has 0 saturated carbocycles. The Morgan fingerprint density at radius 3 is 2.16 bits per heavy atom. The van der Waals surface area contributed by atoms with Crippen molar-refractivity contribution in [1.82, 2.24) is 0 Å². The molecule has 2 aromatic carbocycles. The molecule has 0 spiro atoms. The summed E-state index contributed by atoms with van der Waals surface area (Å²) in [5.74, 6) is 1.37. The Kier molecular flexibility index (Phi) is 6.42. The number of nitrogens with zero attached hydrogens (tertiary/aromatic N) is 2. The van der Waals surface area contributed by atoms with Gasteiger partial charge in [0, 0.05) is 5.69 Å². The summed E-state index contributed by atoms with van der Waals surface area (Å²) in [6.07, 6.45) is 1.20. The highest BCUT2D eigenvalue weighted by Gasteiger charge is 2.46.